The lowest BCUT2D eigenvalue weighted by Crippen LogP contribution is -1.99. The van der Waals surface area contributed by atoms with Gasteiger partial charge in [0.25, 0.3) is 6.01 Å². The number of nitrogen functional groups attached to an aromatic ring is 1. The summed E-state index contributed by atoms with van der Waals surface area (Å²) in [5.74, 6) is -0.260. The molecule has 3 N–H and O–H groups in total. The van der Waals surface area contributed by atoms with Gasteiger partial charge in [0.15, 0.2) is 5.58 Å². The van der Waals surface area contributed by atoms with Crippen molar-refractivity contribution in [1.29, 1.82) is 0 Å². The first kappa shape index (κ1) is 11.5. The van der Waals surface area contributed by atoms with Crippen LogP contribution >= 0.6 is 0 Å². The molecule has 0 unspecified atom stereocenters. The second-order valence-corrected chi connectivity index (χ2v) is 4.23. The standard InChI is InChI=1S/C14H12FN3O/c15-10-3-1-2-9(6-10)8-17-14-18-12-7-11(16)4-5-13(12)19-14/h1-7H,8,16H2,(H,17,18). The molecule has 0 aliphatic heterocycles. The molecule has 0 saturated heterocycles. The maximum atomic E-state index is 13.0. The number of nitrogens with zero attached hydrogens (tertiary/aromatic N) is 1. The fourth-order valence-electron chi connectivity index (χ4n) is 1.84. The molecule has 1 aromatic heterocycles. The topological polar surface area (TPSA) is 64.1 Å². The van der Waals surface area contributed by atoms with Crippen molar-refractivity contribution >= 4 is 22.8 Å². The SMILES string of the molecule is Nc1ccc2oc(NCc3cccc(F)c3)nc2c1. The van der Waals surface area contributed by atoms with E-state index in [0.29, 0.717) is 29.3 Å². The van der Waals surface area contributed by atoms with Gasteiger partial charge in [0.05, 0.1) is 0 Å². The third-order valence-electron chi connectivity index (χ3n) is 2.74. The van der Waals surface area contributed by atoms with Gasteiger partial charge in [-0.3, -0.25) is 0 Å². The first-order chi connectivity index (χ1) is 9.20. The second-order valence-electron chi connectivity index (χ2n) is 4.23. The van der Waals surface area contributed by atoms with Crippen molar-refractivity contribution in [2.45, 2.75) is 6.54 Å². The van der Waals surface area contributed by atoms with Gasteiger partial charge < -0.3 is 15.5 Å². The van der Waals surface area contributed by atoms with Crippen molar-refractivity contribution in [3.8, 4) is 0 Å². The molecule has 96 valence electrons. The zero-order chi connectivity index (χ0) is 13.2. The molecule has 0 saturated carbocycles. The van der Waals surface area contributed by atoms with Crippen molar-refractivity contribution in [1.82, 2.24) is 4.98 Å². The van der Waals surface area contributed by atoms with E-state index in [1.807, 2.05) is 6.07 Å². The zero-order valence-electron chi connectivity index (χ0n) is 10.1. The van der Waals surface area contributed by atoms with Gasteiger partial charge in [-0.15, -0.1) is 0 Å². The van der Waals surface area contributed by atoms with E-state index in [4.69, 9.17) is 10.2 Å². The molecule has 0 fully saturated rings. The number of hydrogen-bond acceptors (Lipinski definition) is 4. The summed E-state index contributed by atoms with van der Waals surface area (Å²) >= 11 is 0. The number of rotatable bonds is 3. The fourth-order valence-corrected chi connectivity index (χ4v) is 1.84. The van der Waals surface area contributed by atoms with E-state index in [1.165, 1.54) is 12.1 Å². The van der Waals surface area contributed by atoms with E-state index in [0.717, 1.165) is 5.56 Å². The number of anilines is 2. The van der Waals surface area contributed by atoms with Crippen LogP contribution in [0.4, 0.5) is 16.1 Å². The number of oxazole rings is 1. The van der Waals surface area contributed by atoms with Crippen LogP contribution in [-0.2, 0) is 6.54 Å². The average Bonchev–Trinajstić information content (AvgIpc) is 2.78. The Morgan fingerprint density at radius 3 is 2.95 bits per heavy atom. The van der Waals surface area contributed by atoms with Gasteiger partial charge in [0.1, 0.15) is 11.3 Å². The number of halogens is 1. The predicted molar refractivity (Wildman–Crippen MR) is 72.1 cm³/mol. The average molecular weight is 257 g/mol. The summed E-state index contributed by atoms with van der Waals surface area (Å²) in [5, 5.41) is 3.01. The van der Waals surface area contributed by atoms with Crippen LogP contribution in [-0.4, -0.2) is 4.98 Å². The van der Waals surface area contributed by atoms with Gasteiger partial charge in [-0.05, 0) is 35.9 Å². The summed E-state index contributed by atoms with van der Waals surface area (Å²) in [5.41, 5.74) is 8.49. The smallest absolute Gasteiger partial charge is 0.295 e. The largest absolute Gasteiger partial charge is 0.424 e. The van der Waals surface area contributed by atoms with E-state index in [2.05, 4.69) is 10.3 Å². The lowest BCUT2D eigenvalue weighted by atomic mass is 10.2. The number of hydrogen-bond donors (Lipinski definition) is 2. The van der Waals surface area contributed by atoms with Gasteiger partial charge in [0, 0.05) is 12.2 Å². The van der Waals surface area contributed by atoms with E-state index in [1.54, 1.807) is 24.3 Å². The molecule has 0 bridgehead atoms. The molecule has 3 rings (SSSR count). The summed E-state index contributed by atoms with van der Waals surface area (Å²) in [6, 6.07) is 12.0. The molecule has 3 aromatic rings. The number of benzene rings is 2. The highest BCUT2D eigenvalue weighted by Crippen LogP contribution is 2.21. The molecule has 2 aromatic carbocycles. The van der Waals surface area contributed by atoms with Gasteiger partial charge in [0.2, 0.25) is 0 Å². The summed E-state index contributed by atoms with van der Waals surface area (Å²) in [4.78, 5) is 4.26. The van der Waals surface area contributed by atoms with Crippen molar-refractivity contribution in [3.05, 3.63) is 53.8 Å². The number of nitrogens with one attached hydrogen (secondary N) is 1. The highest BCUT2D eigenvalue weighted by Gasteiger charge is 2.05. The Morgan fingerprint density at radius 1 is 1.21 bits per heavy atom. The second kappa shape index (κ2) is 4.61. The number of fused-ring (bicyclic) bond motifs is 1. The Hall–Kier alpha value is -2.56. The molecule has 0 atom stereocenters. The first-order valence-electron chi connectivity index (χ1n) is 5.85. The van der Waals surface area contributed by atoms with Crippen LogP contribution in [0.5, 0.6) is 0 Å². The summed E-state index contributed by atoms with van der Waals surface area (Å²) < 4.78 is 18.5. The molecule has 4 nitrogen and oxygen atoms in total. The van der Waals surface area contributed by atoms with Crippen molar-refractivity contribution in [2.75, 3.05) is 11.1 Å². The van der Waals surface area contributed by atoms with Gasteiger partial charge in [-0.25, -0.2) is 4.39 Å². The molecular weight excluding hydrogens is 245 g/mol. The Labute approximate surface area is 109 Å². The maximum absolute atomic E-state index is 13.0. The minimum atomic E-state index is -0.260. The maximum Gasteiger partial charge on any atom is 0.295 e. The lowest BCUT2D eigenvalue weighted by Gasteiger charge is -2.01. The van der Waals surface area contributed by atoms with Crippen LogP contribution in [0.2, 0.25) is 0 Å². The fraction of sp³-hybridized carbons (Fsp3) is 0.0714. The van der Waals surface area contributed by atoms with Crippen molar-refractivity contribution < 1.29 is 8.81 Å². The molecule has 19 heavy (non-hydrogen) atoms. The molecule has 0 radical (unpaired) electrons. The van der Waals surface area contributed by atoms with E-state index >= 15 is 0 Å². The quantitative estimate of drug-likeness (QED) is 0.707. The van der Waals surface area contributed by atoms with Crippen LogP contribution in [0.15, 0.2) is 46.9 Å². The van der Waals surface area contributed by atoms with Crippen molar-refractivity contribution in [3.63, 3.8) is 0 Å². The van der Waals surface area contributed by atoms with Crippen LogP contribution in [0.1, 0.15) is 5.56 Å². The summed E-state index contributed by atoms with van der Waals surface area (Å²) in [6.07, 6.45) is 0. The molecule has 0 spiro atoms. The third-order valence-corrected chi connectivity index (χ3v) is 2.74. The highest BCUT2D eigenvalue weighted by molar-refractivity contribution is 5.78. The van der Waals surface area contributed by atoms with Crippen LogP contribution in [0.25, 0.3) is 11.1 Å². The van der Waals surface area contributed by atoms with Gasteiger partial charge in [-0.1, -0.05) is 12.1 Å². The predicted octanol–water partition coefficient (Wildman–Crippen LogP) is 3.16. The van der Waals surface area contributed by atoms with Crippen LogP contribution in [0.3, 0.4) is 0 Å². The van der Waals surface area contributed by atoms with E-state index < -0.39 is 0 Å². The summed E-state index contributed by atoms with van der Waals surface area (Å²) in [6.45, 7) is 0.445. The lowest BCUT2D eigenvalue weighted by molar-refractivity contribution is 0.612. The van der Waals surface area contributed by atoms with Crippen LogP contribution < -0.4 is 11.1 Å². The molecule has 0 aliphatic carbocycles. The molecule has 1 heterocycles. The minimum absolute atomic E-state index is 0.260. The monoisotopic (exact) mass is 257 g/mol. The van der Waals surface area contributed by atoms with Crippen molar-refractivity contribution in [2.24, 2.45) is 0 Å². The number of aromatic nitrogens is 1. The summed E-state index contributed by atoms with van der Waals surface area (Å²) in [7, 11) is 0. The van der Waals surface area contributed by atoms with Gasteiger partial charge in [-0.2, -0.15) is 4.98 Å². The molecular formula is C14H12FN3O. The zero-order valence-corrected chi connectivity index (χ0v) is 10.1. The molecule has 0 amide bonds. The third kappa shape index (κ3) is 2.49. The Bertz CT molecular complexity index is 724. The molecule has 0 aliphatic rings. The normalized spacial score (nSPS) is 10.8. The minimum Gasteiger partial charge on any atom is -0.424 e. The Kier molecular flexibility index (Phi) is 2.79. The Balaban J connectivity index is 1.78. The first-order valence-corrected chi connectivity index (χ1v) is 5.85. The number of nitrogens with two attached hydrogens (primary N) is 1. The van der Waals surface area contributed by atoms with Crippen LogP contribution in [0, 0.1) is 5.82 Å². The van der Waals surface area contributed by atoms with Gasteiger partial charge >= 0.3 is 0 Å². The molecule has 5 heteroatoms. The van der Waals surface area contributed by atoms with E-state index in [9.17, 15) is 4.39 Å². The Morgan fingerprint density at radius 2 is 2.11 bits per heavy atom. The van der Waals surface area contributed by atoms with E-state index in [-0.39, 0.29) is 5.82 Å². The highest BCUT2D eigenvalue weighted by atomic mass is 19.1.